The average molecular weight is 408 g/mol. The van der Waals surface area contributed by atoms with Gasteiger partial charge in [0.25, 0.3) is 5.91 Å². The number of carbonyl (C=O) groups excluding carboxylic acids is 3. The van der Waals surface area contributed by atoms with Crippen LogP contribution in [0.4, 0.5) is 10.1 Å². The highest BCUT2D eigenvalue weighted by Gasteiger charge is 2.20. The third kappa shape index (κ3) is 6.16. The van der Waals surface area contributed by atoms with E-state index in [9.17, 15) is 27.2 Å². The Kier molecular flexibility index (Phi) is 6.83. The SMILES string of the molecule is CS(=O)(=O)c1ccccc1C(=O)OCC(=O)NCC(=O)Nc1ccc(F)cc1. The van der Waals surface area contributed by atoms with Crippen LogP contribution >= 0.6 is 0 Å². The maximum atomic E-state index is 12.8. The first-order chi connectivity index (χ1) is 13.2. The van der Waals surface area contributed by atoms with Gasteiger partial charge in [-0.15, -0.1) is 0 Å². The molecule has 0 aliphatic heterocycles. The van der Waals surface area contributed by atoms with Gasteiger partial charge >= 0.3 is 5.97 Å². The Balaban J connectivity index is 1.83. The summed E-state index contributed by atoms with van der Waals surface area (Å²) < 4.78 is 41.0. The smallest absolute Gasteiger partial charge is 0.339 e. The van der Waals surface area contributed by atoms with Crippen LogP contribution in [0.15, 0.2) is 53.4 Å². The van der Waals surface area contributed by atoms with E-state index in [1.54, 1.807) is 0 Å². The summed E-state index contributed by atoms with van der Waals surface area (Å²) in [7, 11) is -3.65. The Hall–Kier alpha value is -3.27. The number of anilines is 1. The van der Waals surface area contributed by atoms with Gasteiger partial charge in [-0.05, 0) is 36.4 Å². The van der Waals surface area contributed by atoms with Gasteiger partial charge in [0.05, 0.1) is 17.0 Å². The van der Waals surface area contributed by atoms with Crippen LogP contribution in [0.3, 0.4) is 0 Å². The minimum absolute atomic E-state index is 0.188. The van der Waals surface area contributed by atoms with Crippen molar-refractivity contribution in [2.45, 2.75) is 4.90 Å². The highest BCUT2D eigenvalue weighted by atomic mass is 32.2. The molecule has 2 aromatic carbocycles. The first-order valence-electron chi connectivity index (χ1n) is 7.95. The van der Waals surface area contributed by atoms with Crippen LogP contribution in [-0.4, -0.2) is 45.6 Å². The average Bonchev–Trinajstić information content (AvgIpc) is 2.65. The van der Waals surface area contributed by atoms with E-state index in [0.717, 1.165) is 6.26 Å². The molecular formula is C18H17FN2O6S. The molecule has 0 saturated carbocycles. The lowest BCUT2D eigenvalue weighted by molar-refractivity contribution is -0.126. The predicted octanol–water partition coefficient (Wildman–Crippen LogP) is 1.14. The zero-order valence-corrected chi connectivity index (χ0v) is 15.6. The molecule has 0 atom stereocenters. The molecule has 2 amide bonds. The second-order valence-electron chi connectivity index (χ2n) is 5.68. The number of hydrogen-bond acceptors (Lipinski definition) is 6. The van der Waals surface area contributed by atoms with Crippen molar-refractivity contribution >= 4 is 33.3 Å². The molecule has 0 fully saturated rings. The summed E-state index contributed by atoms with van der Waals surface area (Å²) in [4.78, 5) is 35.3. The largest absolute Gasteiger partial charge is 0.452 e. The fourth-order valence-electron chi connectivity index (χ4n) is 2.14. The lowest BCUT2D eigenvalue weighted by Crippen LogP contribution is -2.35. The molecule has 0 aromatic heterocycles. The lowest BCUT2D eigenvalue weighted by Gasteiger charge is -2.09. The van der Waals surface area contributed by atoms with Gasteiger partial charge in [0, 0.05) is 11.9 Å². The number of halogens is 1. The minimum atomic E-state index is -3.65. The molecule has 0 spiro atoms. The van der Waals surface area contributed by atoms with Gasteiger partial charge in [-0.1, -0.05) is 12.1 Å². The molecule has 148 valence electrons. The van der Waals surface area contributed by atoms with E-state index < -0.39 is 46.6 Å². The Morgan fingerprint density at radius 1 is 1.00 bits per heavy atom. The van der Waals surface area contributed by atoms with E-state index >= 15 is 0 Å². The van der Waals surface area contributed by atoms with Gasteiger partial charge < -0.3 is 15.4 Å². The number of ether oxygens (including phenoxy) is 1. The third-order valence-corrected chi connectivity index (χ3v) is 4.57. The van der Waals surface area contributed by atoms with E-state index in [2.05, 4.69) is 10.6 Å². The number of rotatable bonds is 7. The number of nitrogens with one attached hydrogen (secondary N) is 2. The van der Waals surface area contributed by atoms with Crippen LogP contribution < -0.4 is 10.6 Å². The Morgan fingerprint density at radius 2 is 1.64 bits per heavy atom. The molecule has 0 saturated heterocycles. The van der Waals surface area contributed by atoms with E-state index in [1.165, 1.54) is 48.5 Å². The molecule has 0 radical (unpaired) electrons. The van der Waals surface area contributed by atoms with Crippen molar-refractivity contribution in [2.75, 3.05) is 24.7 Å². The summed E-state index contributed by atoms with van der Waals surface area (Å²) in [5, 5.41) is 4.69. The highest BCUT2D eigenvalue weighted by Crippen LogP contribution is 2.16. The second-order valence-corrected chi connectivity index (χ2v) is 7.66. The number of hydrogen-bond donors (Lipinski definition) is 2. The molecule has 2 N–H and O–H groups in total. The third-order valence-electron chi connectivity index (χ3n) is 3.41. The van der Waals surface area contributed by atoms with E-state index in [1.807, 2.05) is 0 Å². The first kappa shape index (κ1) is 21.0. The van der Waals surface area contributed by atoms with Gasteiger partial charge in [0.15, 0.2) is 16.4 Å². The summed E-state index contributed by atoms with van der Waals surface area (Å²) in [5.41, 5.74) is 0.163. The maximum Gasteiger partial charge on any atom is 0.339 e. The van der Waals surface area contributed by atoms with Crippen molar-refractivity contribution < 1.29 is 31.9 Å². The van der Waals surface area contributed by atoms with Crippen molar-refractivity contribution in [1.82, 2.24) is 5.32 Å². The predicted molar refractivity (Wildman–Crippen MR) is 97.9 cm³/mol. The topological polar surface area (TPSA) is 119 Å². The molecule has 0 bridgehead atoms. The van der Waals surface area contributed by atoms with E-state index in [-0.39, 0.29) is 10.5 Å². The fourth-order valence-corrected chi connectivity index (χ4v) is 3.01. The molecule has 2 rings (SSSR count). The summed E-state index contributed by atoms with van der Waals surface area (Å²) in [6, 6.07) is 10.5. The molecule has 0 heterocycles. The molecule has 10 heteroatoms. The normalized spacial score (nSPS) is 10.8. The van der Waals surface area contributed by atoms with Crippen LogP contribution in [-0.2, 0) is 24.2 Å². The molecule has 0 aliphatic carbocycles. The van der Waals surface area contributed by atoms with Crippen molar-refractivity contribution in [3.8, 4) is 0 Å². The standard InChI is InChI=1S/C18H17FN2O6S/c1-28(25,26)15-5-3-2-4-14(15)18(24)27-11-17(23)20-10-16(22)21-13-8-6-12(19)7-9-13/h2-9H,10-11H2,1H3,(H,20,23)(H,21,22). The minimum Gasteiger partial charge on any atom is -0.452 e. The van der Waals surface area contributed by atoms with Gasteiger partial charge in [-0.3, -0.25) is 9.59 Å². The molecule has 8 nitrogen and oxygen atoms in total. The number of amides is 2. The van der Waals surface area contributed by atoms with Crippen LogP contribution in [0.5, 0.6) is 0 Å². The quantitative estimate of drug-likeness (QED) is 0.664. The van der Waals surface area contributed by atoms with Crippen LogP contribution in [0.2, 0.25) is 0 Å². The fraction of sp³-hybridized carbons (Fsp3) is 0.167. The Morgan fingerprint density at radius 3 is 2.29 bits per heavy atom. The van der Waals surface area contributed by atoms with Crippen molar-refractivity contribution in [3.63, 3.8) is 0 Å². The number of esters is 1. The monoisotopic (exact) mass is 408 g/mol. The Bertz CT molecular complexity index is 989. The molecule has 0 unspecified atom stereocenters. The number of benzene rings is 2. The summed E-state index contributed by atoms with van der Waals surface area (Å²) in [5.74, 6) is -2.74. The van der Waals surface area contributed by atoms with Crippen molar-refractivity contribution in [2.24, 2.45) is 0 Å². The number of carbonyl (C=O) groups is 3. The van der Waals surface area contributed by atoms with E-state index in [4.69, 9.17) is 4.74 Å². The van der Waals surface area contributed by atoms with Gasteiger partial charge in [-0.2, -0.15) is 0 Å². The molecular weight excluding hydrogens is 391 g/mol. The second kappa shape index (κ2) is 9.09. The van der Waals surface area contributed by atoms with Crippen LogP contribution in [0.1, 0.15) is 10.4 Å². The molecule has 2 aromatic rings. The summed E-state index contributed by atoms with van der Waals surface area (Å²) >= 11 is 0. The lowest BCUT2D eigenvalue weighted by atomic mass is 10.2. The van der Waals surface area contributed by atoms with Gasteiger partial charge in [-0.25, -0.2) is 17.6 Å². The highest BCUT2D eigenvalue weighted by molar-refractivity contribution is 7.90. The van der Waals surface area contributed by atoms with Gasteiger partial charge in [0.2, 0.25) is 5.91 Å². The Labute approximate surface area is 160 Å². The summed E-state index contributed by atoms with van der Waals surface area (Å²) in [6.07, 6.45) is 0.950. The van der Waals surface area contributed by atoms with Crippen molar-refractivity contribution in [1.29, 1.82) is 0 Å². The van der Waals surface area contributed by atoms with Crippen molar-refractivity contribution in [3.05, 3.63) is 59.9 Å². The molecule has 0 aliphatic rings. The zero-order valence-electron chi connectivity index (χ0n) is 14.8. The zero-order chi connectivity index (χ0) is 20.7. The maximum absolute atomic E-state index is 12.8. The number of sulfone groups is 1. The van der Waals surface area contributed by atoms with Crippen LogP contribution in [0, 0.1) is 5.82 Å². The first-order valence-corrected chi connectivity index (χ1v) is 9.84. The van der Waals surface area contributed by atoms with Gasteiger partial charge in [0.1, 0.15) is 5.82 Å². The summed E-state index contributed by atoms with van der Waals surface area (Å²) in [6.45, 7) is -1.09. The molecule has 28 heavy (non-hydrogen) atoms. The van der Waals surface area contributed by atoms with E-state index in [0.29, 0.717) is 5.69 Å². The van der Waals surface area contributed by atoms with Crippen LogP contribution in [0.25, 0.3) is 0 Å².